The van der Waals surface area contributed by atoms with E-state index in [0.29, 0.717) is 18.9 Å². The fraction of sp³-hybridized carbons (Fsp3) is 0.381. The van der Waals surface area contributed by atoms with Crippen LogP contribution < -0.4 is 14.8 Å². The zero-order valence-corrected chi connectivity index (χ0v) is 15.9. The number of alkyl carbamates (subject to hydrolysis) is 1. The van der Waals surface area contributed by atoms with Gasteiger partial charge < -0.3 is 19.5 Å². The topological polar surface area (TPSA) is 56.8 Å². The number of rotatable bonds is 7. The summed E-state index contributed by atoms with van der Waals surface area (Å²) >= 11 is 0. The molecule has 0 aromatic heterocycles. The molecular weight excluding hydrogens is 330 g/mol. The molecule has 0 saturated carbocycles. The Morgan fingerprint density at radius 2 is 1.58 bits per heavy atom. The lowest BCUT2D eigenvalue weighted by Gasteiger charge is -2.20. The molecule has 0 atom stereocenters. The summed E-state index contributed by atoms with van der Waals surface area (Å²) in [5, 5.41) is 2.80. The van der Waals surface area contributed by atoms with Gasteiger partial charge in [-0.25, -0.2) is 4.79 Å². The Morgan fingerprint density at radius 1 is 0.962 bits per heavy atom. The molecule has 0 fully saturated rings. The number of hydrogen-bond acceptors (Lipinski definition) is 4. The predicted octanol–water partition coefficient (Wildman–Crippen LogP) is 4.34. The van der Waals surface area contributed by atoms with Gasteiger partial charge in [0.25, 0.3) is 0 Å². The Kier molecular flexibility index (Phi) is 6.89. The second kappa shape index (κ2) is 9.13. The maximum Gasteiger partial charge on any atom is 0.407 e. The number of benzene rings is 2. The van der Waals surface area contributed by atoms with E-state index < -0.39 is 11.7 Å². The van der Waals surface area contributed by atoms with E-state index in [2.05, 4.69) is 5.32 Å². The summed E-state index contributed by atoms with van der Waals surface area (Å²) in [6.45, 7) is 6.46. The van der Waals surface area contributed by atoms with Crippen molar-refractivity contribution in [3.8, 4) is 11.5 Å². The van der Waals surface area contributed by atoms with E-state index in [-0.39, 0.29) is 0 Å². The summed E-state index contributed by atoms with van der Waals surface area (Å²) in [5.41, 5.74) is 1.66. The highest BCUT2D eigenvalue weighted by atomic mass is 16.6. The van der Waals surface area contributed by atoms with Gasteiger partial charge in [0.15, 0.2) is 11.5 Å². The van der Waals surface area contributed by atoms with Crippen molar-refractivity contribution >= 4 is 6.09 Å². The molecule has 0 radical (unpaired) electrons. The van der Waals surface area contributed by atoms with Crippen molar-refractivity contribution in [3.63, 3.8) is 0 Å². The lowest BCUT2D eigenvalue weighted by atomic mass is 10.1. The summed E-state index contributed by atoms with van der Waals surface area (Å²) in [6, 6.07) is 15.5. The van der Waals surface area contributed by atoms with Gasteiger partial charge >= 0.3 is 6.09 Å². The minimum atomic E-state index is -0.508. The molecule has 0 saturated heterocycles. The first-order valence-electron chi connectivity index (χ1n) is 8.68. The molecule has 2 aromatic carbocycles. The summed E-state index contributed by atoms with van der Waals surface area (Å²) in [7, 11) is 1.62. The third kappa shape index (κ3) is 6.31. The Hall–Kier alpha value is -2.69. The standard InChI is InChI=1S/C21H27NO4/c1-21(2,3)26-20(23)22-15-17-10-6-5-9-16(17)13-14-25-19-12-8-7-11-18(19)24-4/h5-12H,13-15H2,1-4H3,(H,22,23). The van der Waals surface area contributed by atoms with E-state index >= 15 is 0 Å². The lowest BCUT2D eigenvalue weighted by Crippen LogP contribution is -2.32. The van der Waals surface area contributed by atoms with E-state index in [4.69, 9.17) is 14.2 Å². The Balaban J connectivity index is 1.91. The van der Waals surface area contributed by atoms with E-state index in [1.165, 1.54) is 0 Å². The van der Waals surface area contributed by atoms with Crippen LogP contribution in [0.3, 0.4) is 0 Å². The second-order valence-corrected chi connectivity index (χ2v) is 6.87. The van der Waals surface area contributed by atoms with Gasteiger partial charge in [-0.1, -0.05) is 36.4 Å². The molecule has 0 bridgehead atoms. The first-order valence-corrected chi connectivity index (χ1v) is 8.68. The van der Waals surface area contributed by atoms with E-state index in [9.17, 15) is 4.79 Å². The molecule has 2 rings (SSSR count). The lowest BCUT2D eigenvalue weighted by molar-refractivity contribution is 0.0523. The van der Waals surface area contributed by atoms with E-state index in [0.717, 1.165) is 23.3 Å². The van der Waals surface area contributed by atoms with Crippen molar-refractivity contribution in [3.05, 3.63) is 59.7 Å². The van der Waals surface area contributed by atoms with E-state index in [1.54, 1.807) is 7.11 Å². The molecule has 0 heterocycles. The molecule has 0 aliphatic heterocycles. The van der Waals surface area contributed by atoms with Crippen LogP contribution >= 0.6 is 0 Å². The van der Waals surface area contributed by atoms with Crippen LogP contribution in [0.1, 0.15) is 31.9 Å². The van der Waals surface area contributed by atoms with Crippen LogP contribution in [0, 0.1) is 0 Å². The number of ether oxygens (including phenoxy) is 3. The average Bonchev–Trinajstić information content (AvgIpc) is 2.60. The van der Waals surface area contributed by atoms with Crippen LogP contribution in [-0.2, 0) is 17.7 Å². The van der Waals surface area contributed by atoms with Crippen molar-refractivity contribution in [1.82, 2.24) is 5.32 Å². The van der Waals surface area contributed by atoms with Gasteiger partial charge in [0.2, 0.25) is 0 Å². The molecule has 0 aliphatic carbocycles. The van der Waals surface area contributed by atoms with Gasteiger partial charge in [-0.05, 0) is 44.0 Å². The molecule has 1 amide bonds. The highest BCUT2D eigenvalue weighted by Crippen LogP contribution is 2.26. The molecule has 26 heavy (non-hydrogen) atoms. The third-order valence-electron chi connectivity index (χ3n) is 3.64. The maximum atomic E-state index is 11.8. The Morgan fingerprint density at radius 3 is 2.23 bits per heavy atom. The maximum absolute atomic E-state index is 11.8. The minimum Gasteiger partial charge on any atom is -0.493 e. The van der Waals surface area contributed by atoms with Crippen LogP contribution in [0.15, 0.2) is 48.5 Å². The van der Waals surface area contributed by atoms with Gasteiger partial charge in [0.05, 0.1) is 13.7 Å². The molecule has 5 heteroatoms. The van der Waals surface area contributed by atoms with Crippen molar-refractivity contribution in [1.29, 1.82) is 0 Å². The first kappa shape index (κ1) is 19.6. The number of para-hydroxylation sites is 2. The van der Waals surface area contributed by atoms with Gasteiger partial charge in [-0.2, -0.15) is 0 Å². The predicted molar refractivity (Wildman–Crippen MR) is 102 cm³/mol. The highest BCUT2D eigenvalue weighted by Gasteiger charge is 2.16. The normalized spacial score (nSPS) is 10.9. The quantitative estimate of drug-likeness (QED) is 0.801. The van der Waals surface area contributed by atoms with Crippen molar-refractivity contribution in [2.45, 2.75) is 39.3 Å². The Labute approximate surface area is 155 Å². The molecule has 140 valence electrons. The van der Waals surface area contributed by atoms with Gasteiger partial charge in [0.1, 0.15) is 5.60 Å². The van der Waals surface area contributed by atoms with Crippen molar-refractivity contribution in [2.24, 2.45) is 0 Å². The number of hydrogen-bond donors (Lipinski definition) is 1. The van der Waals surface area contributed by atoms with Crippen LogP contribution in [0.4, 0.5) is 4.79 Å². The summed E-state index contributed by atoms with van der Waals surface area (Å²) in [4.78, 5) is 11.8. The number of carbonyl (C=O) groups excluding carboxylic acids is 1. The monoisotopic (exact) mass is 357 g/mol. The molecule has 0 spiro atoms. The van der Waals surface area contributed by atoms with Gasteiger partial charge in [0, 0.05) is 13.0 Å². The molecule has 5 nitrogen and oxygen atoms in total. The summed E-state index contributed by atoms with van der Waals surface area (Å²) < 4.78 is 16.4. The number of methoxy groups -OCH3 is 1. The first-order chi connectivity index (χ1) is 12.4. The third-order valence-corrected chi connectivity index (χ3v) is 3.64. The SMILES string of the molecule is COc1ccccc1OCCc1ccccc1CNC(=O)OC(C)(C)C. The van der Waals surface area contributed by atoms with Crippen LogP contribution in [-0.4, -0.2) is 25.4 Å². The van der Waals surface area contributed by atoms with Crippen LogP contribution in [0.5, 0.6) is 11.5 Å². The number of carbonyl (C=O) groups is 1. The average molecular weight is 357 g/mol. The van der Waals surface area contributed by atoms with Crippen LogP contribution in [0.25, 0.3) is 0 Å². The fourth-order valence-electron chi connectivity index (χ4n) is 2.46. The van der Waals surface area contributed by atoms with Crippen LogP contribution in [0.2, 0.25) is 0 Å². The fourth-order valence-corrected chi connectivity index (χ4v) is 2.46. The summed E-state index contributed by atoms with van der Waals surface area (Å²) in [6.07, 6.45) is 0.307. The van der Waals surface area contributed by atoms with Gasteiger partial charge in [-0.15, -0.1) is 0 Å². The summed E-state index contributed by atoms with van der Waals surface area (Å²) in [5.74, 6) is 1.44. The van der Waals surface area contributed by atoms with Gasteiger partial charge in [-0.3, -0.25) is 0 Å². The second-order valence-electron chi connectivity index (χ2n) is 6.87. The molecule has 0 unspecified atom stereocenters. The number of amides is 1. The smallest absolute Gasteiger partial charge is 0.407 e. The van der Waals surface area contributed by atoms with E-state index in [1.807, 2.05) is 69.3 Å². The largest absolute Gasteiger partial charge is 0.493 e. The zero-order chi connectivity index (χ0) is 19.0. The molecule has 0 aliphatic rings. The number of nitrogens with one attached hydrogen (secondary N) is 1. The zero-order valence-electron chi connectivity index (χ0n) is 15.9. The highest BCUT2D eigenvalue weighted by molar-refractivity contribution is 5.67. The Bertz CT molecular complexity index is 722. The van der Waals surface area contributed by atoms with Crippen molar-refractivity contribution < 1.29 is 19.0 Å². The molecular formula is C21H27NO4. The minimum absolute atomic E-state index is 0.416. The van der Waals surface area contributed by atoms with Crippen molar-refractivity contribution in [2.75, 3.05) is 13.7 Å². The molecule has 2 aromatic rings. The molecule has 1 N–H and O–H groups in total.